The number of hydrogen-bond acceptors (Lipinski definition) is 7. The third-order valence-electron chi connectivity index (χ3n) is 3.95. The van der Waals surface area contributed by atoms with Gasteiger partial charge in [-0.25, -0.2) is 13.4 Å². The zero-order valence-electron chi connectivity index (χ0n) is 12.6. The summed E-state index contributed by atoms with van der Waals surface area (Å²) < 4.78 is 36.9. The Morgan fingerprint density at radius 3 is 2.95 bits per heavy atom. The molecule has 1 spiro atoms. The highest BCUT2D eigenvalue weighted by molar-refractivity contribution is 7.88. The fourth-order valence-corrected chi connectivity index (χ4v) is 4.45. The average molecular weight is 347 g/mol. The van der Waals surface area contributed by atoms with Crippen molar-refractivity contribution < 1.29 is 17.9 Å². The van der Waals surface area contributed by atoms with Crippen molar-refractivity contribution in [2.75, 3.05) is 52.3 Å². The van der Waals surface area contributed by atoms with Crippen LogP contribution >= 0.6 is 11.3 Å². The first-order chi connectivity index (χ1) is 10.5. The highest BCUT2D eigenvalue weighted by Crippen LogP contribution is 2.25. The van der Waals surface area contributed by atoms with E-state index < -0.39 is 15.6 Å². The molecule has 0 N–H and O–H groups in total. The minimum atomic E-state index is -3.25. The molecule has 0 radical (unpaired) electrons. The number of morpholine rings is 1. The minimum Gasteiger partial charge on any atom is -0.377 e. The molecular formula is C13H21N3O4S2. The summed E-state index contributed by atoms with van der Waals surface area (Å²) in [5, 5.41) is 3.03. The molecule has 2 aliphatic heterocycles. The first kappa shape index (κ1) is 16.3. The van der Waals surface area contributed by atoms with E-state index in [1.807, 2.05) is 5.38 Å². The average Bonchev–Trinajstić information content (AvgIpc) is 2.86. The Morgan fingerprint density at radius 2 is 2.23 bits per heavy atom. The zero-order chi connectivity index (χ0) is 15.6. The van der Waals surface area contributed by atoms with Gasteiger partial charge in [-0.1, -0.05) is 0 Å². The maximum absolute atomic E-state index is 11.9. The molecule has 0 saturated carbocycles. The molecule has 0 amide bonds. The lowest BCUT2D eigenvalue weighted by molar-refractivity contribution is -0.139. The van der Waals surface area contributed by atoms with Gasteiger partial charge < -0.3 is 9.47 Å². The van der Waals surface area contributed by atoms with Gasteiger partial charge in [0.15, 0.2) is 0 Å². The van der Waals surface area contributed by atoms with E-state index in [9.17, 15) is 8.42 Å². The van der Waals surface area contributed by atoms with Crippen LogP contribution in [0.4, 0.5) is 0 Å². The van der Waals surface area contributed by atoms with E-state index in [0.717, 1.165) is 18.1 Å². The van der Waals surface area contributed by atoms with E-state index in [0.29, 0.717) is 39.5 Å². The van der Waals surface area contributed by atoms with Gasteiger partial charge in [0.05, 0.1) is 32.6 Å². The minimum absolute atomic E-state index is 0.347. The van der Waals surface area contributed by atoms with Gasteiger partial charge in [0.2, 0.25) is 10.0 Å². The van der Waals surface area contributed by atoms with Crippen LogP contribution in [0.1, 0.15) is 5.01 Å². The van der Waals surface area contributed by atoms with Crippen molar-refractivity contribution in [3.63, 3.8) is 0 Å². The van der Waals surface area contributed by atoms with Crippen molar-refractivity contribution in [2.24, 2.45) is 0 Å². The Hall–Kier alpha value is -0.580. The fraction of sp³-hybridized carbons (Fsp3) is 0.769. The standard InChI is InChI=1S/C13H21N3O4S2/c1-22(17,18)16-4-5-19-11-13(10-16)9-15(3-6-20-13)8-12-14-2-7-21-12/h2,7H,3-6,8-11H2,1H3/t13-/m1/s1. The van der Waals surface area contributed by atoms with Crippen LogP contribution in [0.3, 0.4) is 0 Å². The highest BCUT2D eigenvalue weighted by atomic mass is 32.2. The van der Waals surface area contributed by atoms with E-state index in [2.05, 4.69) is 9.88 Å². The van der Waals surface area contributed by atoms with Crippen molar-refractivity contribution in [2.45, 2.75) is 12.1 Å². The summed E-state index contributed by atoms with van der Waals surface area (Å²) in [6, 6.07) is 0. The number of aromatic nitrogens is 1. The van der Waals surface area contributed by atoms with E-state index in [1.54, 1.807) is 17.5 Å². The van der Waals surface area contributed by atoms with Gasteiger partial charge in [-0.15, -0.1) is 11.3 Å². The molecule has 0 unspecified atom stereocenters. The molecule has 3 rings (SSSR count). The van der Waals surface area contributed by atoms with Crippen LogP contribution in [-0.2, 0) is 26.0 Å². The second-order valence-corrected chi connectivity index (χ2v) is 8.78. The molecule has 1 aromatic rings. The van der Waals surface area contributed by atoms with Crippen molar-refractivity contribution in [1.29, 1.82) is 0 Å². The third-order valence-corrected chi connectivity index (χ3v) is 5.97. The second kappa shape index (κ2) is 6.50. The summed E-state index contributed by atoms with van der Waals surface area (Å²) in [6.45, 7) is 4.38. The first-order valence-electron chi connectivity index (χ1n) is 7.24. The Labute approximate surface area is 134 Å². The maximum atomic E-state index is 11.9. The molecule has 2 aliphatic rings. The molecule has 7 nitrogen and oxygen atoms in total. The Kier molecular flexibility index (Phi) is 4.81. The molecule has 2 fully saturated rings. The van der Waals surface area contributed by atoms with Gasteiger partial charge in [-0.2, -0.15) is 4.31 Å². The highest BCUT2D eigenvalue weighted by Gasteiger charge is 2.42. The Bertz CT molecular complexity index is 592. The summed E-state index contributed by atoms with van der Waals surface area (Å²) in [5.41, 5.74) is -0.588. The van der Waals surface area contributed by atoms with E-state index in [4.69, 9.17) is 9.47 Å². The van der Waals surface area contributed by atoms with Gasteiger partial charge in [-0.3, -0.25) is 4.90 Å². The molecule has 1 atom stereocenters. The lowest BCUT2D eigenvalue weighted by atomic mass is 10.0. The van der Waals surface area contributed by atoms with Crippen molar-refractivity contribution >= 4 is 21.4 Å². The number of nitrogens with zero attached hydrogens (tertiary/aromatic N) is 3. The SMILES string of the molecule is CS(=O)(=O)N1CCOC[C@@]2(CN(Cc3nccs3)CCO2)C1. The number of thiazole rings is 1. The predicted octanol–water partition coefficient (Wildman–Crippen LogP) is 0.00590. The van der Waals surface area contributed by atoms with Crippen molar-refractivity contribution in [3.8, 4) is 0 Å². The van der Waals surface area contributed by atoms with Crippen LogP contribution in [0, 0.1) is 0 Å². The Balaban J connectivity index is 1.72. The first-order valence-corrected chi connectivity index (χ1v) is 9.97. The molecule has 9 heteroatoms. The van der Waals surface area contributed by atoms with E-state index in [-0.39, 0.29) is 0 Å². The quantitative estimate of drug-likeness (QED) is 0.767. The van der Waals surface area contributed by atoms with E-state index in [1.165, 1.54) is 10.6 Å². The van der Waals surface area contributed by atoms with Crippen LogP contribution in [-0.4, -0.2) is 80.5 Å². The van der Waals surface area contributed by atoms with Gasteiger partial charge in [0.25, 0.3) is 0 Å². The maximum Gasteiger partial charge on any atom is 0.211 e. The lowest BCUT2D eigenvalue weighted by Gasteiger charge is -2.42. The summed E-state index contributed by atoms with van der Waals surface area (Å²) in [5.74, 6) is 0. The molecule has 3 heterocycles. The molecule has 124 valence electrons. The smallest absolute Gasteiger partial charge is 0.211 e. The number of sulfonamides is 1. The summed E-state index contributed by atoms with van der Waals surface area (Å²) >= 11 is 1.63. The van der Waals surface area contributed by atoms with Crippen LogP contribution in [0.25, 0.3) is 0 Å². The van der Waals surface area contributed by atoms with Gasteiger partial charge in [-0.05, 0) is 0 Å². The Morgan fingerprint density at radius 1 is 1.36 bits per heavy atom. The third kappa shape index (κ3) is 3.84. The van der Waals surface area contributed by atoms with Crippen LogP contribution < -0.4 is 0 Å². The lowest BCUT2D eigenvalue weighted by Crippen LogP contribution is -2.58. The summed E-state index contributed by atoms with van der Waals surface area (Å²) in [6.07, 6.45) is 3.04. The van der Waals surface area contributed by atoms with Crippen molar-refractivity contribution in [1.82, 2.24) is 14.2 Å². The summed E-state index contributed by atoms with van der Waals surface area (Å²) in [7, 11) is -3.25. The second-order valence-electron chi connectivity index (χ2n) is 5.82. The molecule has 22 heavy (non-hydrogen) atoms. The molecule has 0 aliphatic carbocycles. The van der Waals surface area contributed by atoms with Crippen molar-refractivity contribution in [3.05, 3.63) is 16.6 Å². The number of rotatable bonds is 3. The predicted molar refractivity (Wildman–Crippen MR) is 83.3 cm³/mol. The number of ether oxygens (including phenoxy) is 2. The van der Waals surface area contributed by atoms with Gasteiger partial charge >= 0.3 is 0 Å². The number of hydrogen-bond donors (Lipinski definition) is 0. The molecule has 0 aromatic carbocycles. The molecule has 0 bridgehead atoms. The van der Waals surface area contributed by atoms with Crippen LogP contribution in [0.5, 0.6) is 0 Å². The molecule has 2 saturated heterocycles. The normalized spacial score (nSPS) is 28.8. The van der Waals surface area contributed by atoms with E-state index >= 15 is 0 Å². The van der Waals surface area contributed by atoms with Crippen LogP contribution in [0.2, 0.25) is 0 Å². The molecular weight excluding hydrogens is 326 g/mol. The van der Waals surface area contributed by atoms with Gasteiger partial charge in [0.1, 0.15) is 10.6 Å². The zero-order valence-corrected chi connectivity index (χ0v) is 14.2. The van der Waals surface area contributed by atoms with Crippen LogP contribution in [0.15, 0.2) is 11.6 Å². The van der Waals surface area contributed by atoms with Gasteiger partial charge in [0, 0.05) is 37.8 Å². The summed E-state index contributed by atoms with van der Waals surface area (Å²) in [4.78, 5) is 6.58. The topological polar surface area (TPSA) is 72.0 Å². The molecule has 1 aromatic heterocycles. The largest absolute Gasteiger partial charge is 0.377 e. The monoisotopic (exact) mass is 347 g/mol. The fourth-order valence-electron chi connectivity index (χ4n) is 2.92.